The standard InChI is InChI=1S/C13H12BrNO2/c1-3-9-7-12(16)15(8-9)13-10(14)5-4-6-11(13)17-2/h1,4-6,9H,7-8H2,2H3. The number of halogens is 1. The van der Waals surface area contributed by atoms with Crippen LogP contribution < -0.4 is 9.64 Å². The highest BCUT2D eigenvalue weighted by Gasteiger charge is 2.32. The predicted molar refractivity (Wildman–Crippen MR) is 70.0 cm³/mol. The van der Waals surface area contributed by atoms with Crippen molar-refractivity contribution in [3.8, 4) is 18.1 Å². The normalized spacial score (nSPS) is 19.2. The van der Waals surface area contributed by atoms with Crippen LogP contribution in [0.5, 0.6) is 5.75 Å². The van der Waals surface area contributed by atoms with E-state index in [1.165, 1.54) is 0 Å². The second-order valence-corrected chi connectivity index (χ2v) is 4.72. The SMILES string of the molecule is C#CC1CC(=O)N(c2c(Br)cccc2OC)C1. The molecule has 0 aliphatic carbocycles. The molecule has 1 unspecified atom stereocenters. The van der Waals surface area contributed by atoms with E-state index in [1.54, 1.807) is 12.0 Å². The van der Waals surface area contributed by atoms with E-state index in [9.17, 15) is 4.79 Å². The minimum atomic E-state index is -0.0145. The number of carbonyl (C=O) groups excluding carboxylic acids is 1. The topological polar surface area (TPSA) is 29.5 Å². The minimum absolute atomic E-state index is 0.0145. The molecule has 1 saturated heterocycles. The summed E-state index contributed by atoms with van der Waals surface area (Å²) in [5.74, 6) is 3.33. The number of methoxy groups -OCH3 is 1. The Labute approximate surface area is 109 Å². The number of hydrogen-bond donors (Lipinski definition) is 0. The molecule has 0 spiro atoms. The third kappa shape index (κ3) is 2.16. The molecule has 1 aliphatic rings. The quantitative estimate of drug-likeness (QED) is 0.784. The molecular formula is C13H12BrNO2. The van der Waals surface area contributed by atoms with Crippen LogP contribution >= 0.6 is 15.9 Å². The van der Waals surface area contributed by atoms with E-state index in [0.29, 0.717) is 18.7 Å². The maximum absolute atomic E-state index is 11.9. The Balaban J connectivity index is 2.41. The zero-order valence-electron chi connectivity index (χ0n) is 9.44. The molecule has 1 heterocycles. The lowest BCUT2D eigenvalue weighted by atomic mass is 10.1. The highest BCUT2D eigenvalue weighted by molar-refractivity contribution is 9.10. The fourth-order valence-corrected chi connectivity index (χ4v) is 2.52. The first kappa shape index (κ1) is 12.0. The molecule has 3 nitrogen and oxygen atoms in total. The molecule has 0 radical (unpaired) electrons. The number of hydrogen-bond acceptors (Lipinski definition) is 2. The summed E-state index contributed by atoms with van der Waals surface area (Å²) in [4.78, 5) is 13.6. The lowest BCUT2D eigenvalue weighted by molar-refractivity contribution is -0.117. The summed E-state index contributed by atoms with van der Waals surface area (Å²) in [5, 5.41) is 0. The second-order valence-electron chi connectivity index (χ2n) is 3.86. The summed E-state index contributed by atoms with van der Waals surface area (Å²) in [5.41, 5.74) is 0.762. The zero-order valence-corrected chi connectivity index (χ0v) is 11.0. The van der Waals surface area contributed by atoms with Crippen LogP contribution in [0.3, 0.4) is 0 Å². The van der Waals surface area contributed by atoms with Crippen molar-refractivity contribution < 1.29 is 9.53 Å². The fraction of sp³-hybridized carbons (Fsp3) is 0.308. The van der Waals surface area contributed by atoms with Gasteiger partial charge in [0.1, 0.15) is 11.4 Å². The summed E-state index contributed by atoms with van der Waals surface area (Å²) in [7, 11) is 1.59. The van der Waals surface area contributed by atoms with E-state index in [2.05, 4.69) is 21.9 Å². The molecule has 0 bridgehead atoms. The Morgan fingerprint density at radius 2 is 2.35 bits per heavy atom. The number of anilines is 1. The van der Waals surface area contributed by atoms with E-state index in [1.807, 2.05) is 18.2 Å². The molecule has 1 aliphatic heterocycles. The molecule has 2 rings (SSSR count). The molecule has 1 fully saturated rings. The summed E-state index contributed by atoms with van der Waals surface area (Å²) >= 11 is 3.44. The molecule has 1 atom stereocenters. The first-order valence-electron chi connectivity index (χ1n) is 5.26. The maximum Gasteiger partial charge on any atom is 0.228 e. The zero-order chi connectivity index (χ0) is 12.4. The number of nitrogens with zero attached hydrogens (tertiary/aromatic N) is 1. The molecular weight excluding hydrogens is 282 g/mol. The maximum atomic E-state index is 11.9. The summed E-state index contributed by atoms with van der Waals surface area (Å²) < 4.78 is 6.12. The first-order valence-corrected chi connectivity index (χ1v) is 6.05. The van der Waals surface area contributed by atoms with E-state index >= 15 is 0 Å². The molecule has 1 aromatic rings. The molecule has 1 aromatic carbocycles. The van der Waals surface area contributed by atoms with Crippen LogP contribution in [-0.2, 0) is 4.79 Å². The van der Waals surface area contributed by atoms with Crippen molar-refractivity contribution in [2.24, 2.45) is 5.92 Å². The molecule has 4 heteroatoms. The predicted octanol–water partition coefficient (Wildman–Crippen LogP) is 2.44. The van der Waals surface area contributed by atoms with E-state index in [0.717, 1.165) is 10.2 Å². The monoisotopic (exact) mass is 293 g/mol. The molecule has 0 N–H and O–H groups in total. The number of para-hydroxylation sites is 1. The van der Waals surface area contributed by atoms with Gasteiger partial charge in [0.25, 0.3) is 0 Å². The van der Waals surface area contributed by atoms with Crippen molar-refractivity contribution in [3.05, 3.63) is 22.7 Å². The number of terminal acetylenes is 1. The van der Waals surface area contributed by atoms with E-state index < -0.39 is 0 Å². The number of carbonyl (C=O) groups is 1. The molecule has 88 valence electrons. The Morgan fingerprint density at radius 3 is 2.94 bits per heavy atom. The second kappa shape index (κ2) is 4.80. The molecule has 17 heavy (non-hydrogen) atoms. The largest absolute Gasteiger partial charge is 0.495 e. The van der Waals surface area contributed by atoms with Crippen LogP contribution in [0.25, 0.3) is 0 Å². The average molecular weight is 294 g/mol. The van der Waals surface area contributed by atoms with Crippen LogP contribution in [0.15, 0.2) is 22.7 Å². The molecule has 0 aromatic heterocycles. The van der Waals surface area contributed by atoms with E-state index in [4.69, 9.17) is 11.2 Å². The fourth-order valence-electron chi connectivity index (χ4n) is 1.96. The number of amides is 1. The Kier molecular flexibility index (Phi) is 3.39. The highest BCUT2D eigenvalue weighted by atomic mass is 79.9. The van der Waals surface area contributed by atoms with Gasteiger partial charge in [-0.25, -0.2) is 0 Å². The lowest BCUT2D eigenvalue weighted by Gasteiger charge is -2.20. The number of benzene rings is 1. The van der Waals surface area contributed by atoms with Gasteiger partial charge in [-0.3, -0.25) is 4.79 Å². The third-order valence-electron chi connectivity index (χ3n) is 2.80. The van der Waals surface area contributed by atoms with Gasteiger partial charge in [0, 0.05) is 23.4 Å². The van der Waals surface area contributed by atoms with Crippen molar-refractivity contribution >= 4 is 27.5 Å². The van der Waals surface area contributed by atoms with Gasteiger partial charge < -0.3 is 9.64 Å². The number of ether oxygens (including phenoxy) is 1. The van der Waals surface area contributed by atoms with Crippen molar-refractivity contribution in [1.29, 1.82) is 0 Å². The van der Waals surface area contributed by atoms with Crippen LogP contribution in [0.4, 0.5) is 5.69 Å². The van der Waals surface area contributed by atoms with Crippen molar-refractivity contribution in [3.63, 3.8) is 0 Å². The highest BCUT2D eigenvalue weighted by Crippen LogP contribution is 2.38. The van der Waals surface area contributed by atoms with Crippen LogP contribution in [0.2, 0.25) is 0 Å². The Hall–Kier alpha value is -1.47. The van der Waals surface area contributed by atoms with Crippen LogP contribution in [0, 0.1) is 18.3 Å². The molecule has 0 saturated carbocycles. The van der Waals surface area contributed by atoms with Gasteiger partial charge in [-0.15, -0.1) is 12.3 Å². The van der Waals surface area contributed by atoms with E-state index in [-0.39, 0.29) is 11.8 Å². The minimum Gasteiger partial charge on any atom is -0.495 e. The van der Waals surface area contributed by atoms with Gasteiger partial charge in [-0.1, -0.05) is 6.07 Å². The summed E-state index contributed by atoms with van der Waals surface area (Å²) in [6, 6.07) is 5.58. The van der Waals surface area contributed by atoms with Gasteiger partial charge in [0.05, 0.1) is 7.11 Å². The van der Waals surface area contributed by atoms with Crippen LogP contribution in [0.1, 0.15) is 6.42 Å². The number of rotatable bonds is 2. The Morgan fingerprint density at radius 1 is 1.59 bits per heavy atom. The molecule has 1 amide bonds. The smallest absolute Gasteiger partial charge is 0.228 e. The van der Waals surface area contributed by atoms with Crippen molar-refractivity contribution in [2.75, 3.05) is 18.6 Å². The van der Waals surface area contributed by atoms with Gasteiger partial charge in [0.2, 0.25) is 5.91 Å². The summed E-state index contributed by atoms with van der Waals surface area (Å²) in [6.07, 6.45) is 5.78. The summed E-state index contributed by atoms with van der Waals surface area (Å²) in [6.45, 7) is 0.550. The lowest BCUT2D eigenvalue weighted by Crippen LogP contribution is -2.25. The first-order chi connectivity index (χ1) is 8.17. The average Bonchev–Trinajstić information content (AvgIpc) is 2.70. The van der Waals surface area contributed by atoms with Crippen molar-refractivity contribution in [2.45, 2.75) is 6.42 Å². The van der Waals surface area contributed by atoms with Gasteiger partial charge >= 0.3 is 0 Å². The van der Waals surface area contributed by atoms with Gasteiger partial charge in [-0.2, -0.15) is 0 Å². The van der Waals surface area contributed by atoms with Crippen molar-refractivity contribution in [1.82, 2.24) is 0 Å². The van der Waals surface area contributed by atoms with Gasteiger partial charge in [0.15, 0.2) is 0 Å². The Bertz CT molecular complexity index is 493. The van der Waals surface area contributed by atoms with Crippen LogP contribution in [-0.4, -0.2) is 19.6 Å². The third-order valence-corrected chi connectivity index (χ3v) is 3.44. The van der Waals surface area contributed by atoms with Gasteiger partial charge in [-0.05, 0) is 28.1 Å².